The van der Waals surface area contributed by atoms with Gasteiger partial charge < -0.3 is 9.52 Å². The molecule has 0 aromatic carbocycles. The second-order valence-electron chi connectivity index (χ2n) is 3.06. The van der Waals surface area contributed by atoms with Gasteiger partial charge in [0.15, 0.2) is 0 Å². The third-order valence-electron chi connectivity index (χ3n) is 2.22. The van der Waals surface area contributed by atoms with Crippen LogP contribution >= 0.6 is 11.6 Å². The molecule has 0 fully saturated rings. The fourth-order valence-corrected chi connectivity index (χ4v) is 1.81. The van der Waals surface area contributed by atoms with Crippen molar-refractivity contribution in [3.05, 3.63) is 16.8 Å². The number of carbonyl (C=O) groups is 1. The number of hydrogen-bond donors (Lipinski definition) is 1. The highest BCUT2D eigenvalue weighted by Gasteiger charge is 2.31. The number of rotatable bonds is 1. The fourth-order valence-electron chi connectivity index (χ4n) is 1.63. The lowest BCUT2D eigenvalue weighted by Crippen LogP contribution is -2.16. The van der Waals surface area contributed by atoms with Crippen LogP contribution in [0.1, 0.15) is 30.2 Å². The molecule has 1 aromatic heterocycles. The standard InChI is InChI=1S/C8H8ClNO3/c9-8-10-5-3-1-2-4(7(11)12)6(5)13-8/h4H,1-3H2,(H,11,12). The van der Waals surface area contributed by atoms with Crippen molar-refractivity contribution in [1.29, 1.82) is 0 Å². The van der Waals surface area contributed by atoms with E-state index in [0.29, 0.717) is 17.9 Å². The number of fused-ring (bicyclic) bond motifs is 1. The highest BCUT2D eigenvalue weighted by Crippen LogP contribution is 2.33. The van der Waals surface area contributed by atoms with Gasteiger partial charge in [-0.05, 0) is 30.9 Å². The molecule has 1 N–H and O–H groups in total. The van der Waals surface area contributed by atoms with Crippen molar-refractivity contribution >= 4 is 17.6 Å². The van der Waals surface area contributed by atoms with Crippen LogP contribution in [0.25, 0.3) is 0 Å². The Morgan fingerprint density at radius 1 is 1.69 bits per heavy atom. The Balaban J connectivity index is 2.41. The summed E-state index contributed by atoms with van der Waals surface area (Å²) in [4.78, 5) is 14.7. The first kappa shape index (κ1) is 8.56. The molecule has 0 saturated carbocycles. The zero-order valence-corrected chi connectivity index (χ0v) is 7.54. The number of halogens is 1. The number of aryl methyl sites for hydroxylation is 1. The summed E-state index contributed by atoms with van der Waals surface area (Å²) in [5, 5.41) is 8.90. The third kappa shape index (κ3) is 1.42. The molecular weight excluding hydrogens is 194 g/mol. The van der Waals surface area contributed by atoms with Gasteiger partial charge in [0.2, 0.25) is 0 Å². The van der Waals surface area contributed by atoms with Gasteiger partial charge in [0, 0.05) is 0 Å². The normalized spacial score (nSPS) is 21.2. The van der Waals surface area contributed by atoms with Crippen LogP contribution in [0, 0.1) is 0 Å². The first-order valence-corrected chi connectivity index (χ1v) is 4.44. The predicted octanol–water partition coefficient (Wildman–Crippen LogP) is 1.83. The van der Waals surface area contributed by atoms with E-state index in [1.165, 1.54) is 0 Å². The van der Waals surface area contributed by atoms with Gasteiger partial charge in [0.05, 0.1) is 5.69 Å². The summed E-state index contributed by atoms with van der Waals surface area (Å²) in [6, 6.07) is 0. The molecule has 1 heterocycles. The van der Waals surface area contributed by atoms with Gasteiger partial charge in [-0.3, -0.25) is 4.79 Å². The van der Waals surface area contributed by atoms with Crippen molar-refractivity contribution in [3.8, 4) is 0 Å². The Morgan fingerprint density at radius 3 is 3.15 bits per heavy atom. The summed E-state index contributed by atoms with van der Waals surface area (Å²) < 4.78 is 5.05. The van der Waals surface area contributed by atoms with Crippen molar-refractivity contribution in [2.75, 3.05) is 0 Å². The Labute approximate surface area is 79.5 Å². The summed E-state index contributed by atoms with van der Waals surface area (Å²) in [6.45, 7) is 0. The minimum atomic E-state index is -0.867. The van der Waals surface area contributed by atoms with Crippen LogP contribution in [0.4, 0.5) is 0 Å². The maximum atomic E-state index is 10.8. The molecule has 13 heavy (non-hydrogen) atoms. The Bertz CT molecular complexity index is 347. The van der Waals surface area contributed by atoms with Crippen LogP contribution in [0.15, 0.2) is 4.42 Å². The number of hydrogen-bond acceptors (Lipinski definition) is 3. The second kappa shape index (κ2) is 3.03. The SMILES string of the molecule is O=C(O)C1CCCc2nc(Cl)oc21. The van der Waals surface area contributed by atoms with Crippen molar-refractivity contribution in [1.82, 2.24) is 4.98 Å². The maximum absolute atomic E-state index is 10.8. The molecule has 0 radical (unpaired) electrons. The zero-order chi connectivity index (χ0) is 9.42. The smallest absolute Gasteiger partial charge is 0.314 e. The summed E-state index contributed by atoms with van der Waals surface area (Å²) >= 11 is 5.55. The molecule has 0 amide bonds. The van der Waals surface area contributed by atoms with Crippen molar-refractivity contribution in [3.63, 3.8) is 0 Å². The van der Waals surface area contributed by atoms with Gasteiger partial charge in [-0.2, -0.15) is 0 Å². The van der Waals surface area contributed by atoms with Crippen LogP contribution in [0.5, 0.6) is 0 Å². The number of aromatic nitrogens is 1. The lowest BCUT2D eigenvalue weighted by molar-refractivity contribution is -0.139. The molecule has 1 atom stereocenters. The highest BCUT2D eigenvalue weighted by atomic mass is 35.5. The number of aliphatic carboxylic acids is 1. The van der Waals surface area contributed by atoms with Gasteiger partial charge in [-0.15, -0.1) is 0 Å². The molecule has 0 spiro atoms. The molecule has 5 heteroatoms. The average molecular weight is 202 g/mol. The molecule has 0 aliphatic heterocycles. The number of carboxylic acid groups (broad SMARTS) is 1. The lowest BCUT2D eigenvalue weighted by Gasteiger charge is -2.14. The van der Waals surface area contributed by atoms with Gasteiger partial charge in [0.25, 0.3) is 5.35 Å². The highest BCUT2D eigenvalue weighted by molar-refractivity contribution is 6.27. The van der Waals surface area contributed by atoms with E-state index in [1.54, 1.807) is 0 Å². The molecule has 0 bridgehead atoms. The van der Waals surface area contributed by atoms with Crippen LogP contribution in [-0.2, 0) is 11.2 Å². The van der Waals surface area contributed by atoms with Crippen molar-refractivity contribution in [2.45, 2.75) is 25.2 Å². The monoisotopic (exact) mass is 201 g/mol. The van der Waals surface area contributed by atoms with Crippen molar-refractivity contribution in [2.24, 2.45) is 0 Å². The second-order valence-corrected chi connectivity index (χ2v) is 3.38. The minimum absolute atomic E-state index is 0.0400. The Morgan fingerprint density at radius 2 is 2.46 bits per heavy atom. The quantitative estimate of drug-likeness (QED) is 0.753. The summed E-state index contributed by atoms with van der Waals surface area (Å²) in [6.07, 6.45) is 2.19. The molecule has 1 aliphatic rings. The van der Waals surface area contributed by atoms with Crippen LogP contribution in [-0.4, -0.2) is 16.1 Å². The van der Waals surface area contributed by atoms with E-state index in [4.69, 9.17) is 21.1 Å². The Hall–Kier alpha value is -1.03. The van der Waals surface area contributed by atoms with Gasteiger partial charge in [0.1, 0.15) is 11.7 Å². The van der Waals surface area contributed by atoms with Crippen molar-refractivity contribution < 1.29 is 14.3 Å². The molecule has 1 aliphatic carbocycles. The summed E-state index contributed by atoms with van der Waals surface area (Å²) in [5.41, 5.74) is 0.698. The lowest BCUT2D eigenvalue weighted by atomic mass is 9.91. The molecule has 4 nitrogen and oxygen atoms in total. The maximum Gasteiger partial charge on any atom is 0.314 e. The van der Waals surface area contributed by atoms with Gasteiger partial charge in [-0.25, -0.2) is 4.98 Å². The summed E-state index contributed by atoms with van der Waals surface area (Å²) in [7, 11) is 0. The van der Waals surface area contributed by atoms with E-state index in [-0.39, 0.29) is 5.35 Å². The first-order valence-electron chi connectivity index (χ1n) is 4.06. The number of oxazole rings is 1. The van der Waals surface area contributed by atoms with E-state index in [2.05, 4.69) is 4.98 Å². The molecule has 0 saturated heterocycles. The predicted molar refractivity (Wildman–Crippen MR) is 44.8 cm³/mol. The molecule has 2 rings (SSSR count). The zero-order valence-electron chi connectivity index (χ0n) is 6.79. The largest absolute Gasteiger partial charge is 0.481 e. The first-order chi connectivity index (χ1) is 6.18. The molecule has 70 valence electrons. The topological polar surface area (TPSA) is 63.3 Å². The van der Waals surface area contributed by atoms with E-state index < -0.39 is 11.9 Å². The van der Waals surface area contributed by atoms with Crippen LogP contribution in [0.2, 0.25) is 5.35 Å². The van der Waals surface area contributed by atoms with E-state index in [0.717, 1.165) is 12.8 Å². The number of carboxylic acids is 1. The summed E-state index contributed by atoms with van der Waals surface area (Å²) in [5.74, 6) is -0.999. The average Bonchev–Trinajstić information content (AvgIpc) is 2.43. The minimum Gasteiger partial charge on any atom is -0.481 e. The third-order valence-corrected chi connectivity index (χ3v) is 2.38. The fraction of sp³-hybridized carbons (Fsp3) is 0.500. The Kier molecular flexibility index (Phi) is 2.00. The van der Waals surface area contributed by atoms with E-state index >= 15 is 0 Å². The molecule has 1 unspecified atom stereocenters. The van der Waals surface area contributed by atoms with E-state index in [9.17, 15) is 4.79 Å². The molecule has 1 aromatic rings. The van der Waals surface area contributed by atoms with Crippen LogP contribution in [0.3, 0.4) is 0 Å². The van der Waals surface area contributed by atoms with Gasteiger partial charge in [-0.1, -0.05) is 0 Å². The van der Waals surface area contributed by atoms with Gasteiger partial charge >= 0.3 is 5.97 Å². The van der Waals surface area contributed by atoms with Crippen LogP contribution < -0.4 is 0 Å². The number of nitrogens with zero attached hydrogens (tertiary/aromatic N) is 1. The van der Waals surface area contributed by atoms with E-state index in [1.807, 2.05) is 0 Å². The molecular formula is C8H8ClNO3.